The van der Waals surface area contributed by atoms with Crippen LogP contribution in [0.15, 0.2) is 6.07 Å². The molecule has 7 heteroatoms. The second-order valence-electron chi connectivity index (χ2n) is 3.76. The summed E-state index contributed by atoms with van der Waals surface area (Å²) in [4.78, 5) is 25.7. The van der Waals surface area contributed by atoms with Gasteiger partial charge in [-0.25, -0.2) is 0 Å². The number of anilines is 1. The summed E-state index contributed by atoms with van der Waals surface area (Å²) >= 11 is 0. The smallest absolute Gasteiger partial charge is 0.322 e. The van der Waals surface area contributed by atoms with Crippen molar-refractivity contribution in [2.45, 2.75) is 13.8 Å². The van der Waals surface area contributed by atoms with Crippen LogP contribution in [0.1, 0.15) is 17.0 Å². The Morgan fingerprint density at radius 1 is 1.50 bits per heavy atom. The summed E-state index contributed by atoms with van der Waals surface area (Å²) in [6.45, 7) is 3.05. The number of aryl methyl sites for hydroxylation is 2. The number of nitrogens with zero attached hydrogens (tertiary/aromatic N) is 1. The van der Waals surface area contributed by atoms with Crippen molar-refractivity contribution in [3.8, 4) is 0 Å². The van der Waals surface area contributed by atoms with Crippen LogP contribution in [0.25, 0.3) is 0 Å². The van der Waals surface area contributed by atoms with Gasteiger partial charge in [0.25, 0.3) is 5.91 Å². The first-order chi connectivity index (χ1) is 8.32. The molecule has 0 bridgehead atoms. The van der Waals surface area contributed by atoms with E-state index in [0.29, 0.717) is 17.1 Å². The first-order valence-corrected chi connectivity index (χ1v) is 5.15. The number of pyridine rings is 1. The Hall–Kier alpha value is -2.44. The van der Waals surface area contributed by atoms with Gasteiger partial charge >= 0.3 is 5.97 Å². The third kappa shape index (κ3) is 3.03. The Kier molecular flexibility index (Phi) is 3.98. The fourth-order valence-corrected chi connectivity index (χ4v) is 1.55. The first kappa shape index (κ1) is 13.6. The van der Waals surface area contributed by atoms with Gasteiger partial charge < -0.3 is 16.2 Å². The van der Waals surface area contributed by atoms with E-state index in [9.17, 15) is 9.59 Å². The van der Waals surface area contributed by atoms with Gasteiger partial charge in [0.1, 0.15) is 12.3 Å². The highest BCUT2D eigenvalue weighted by atomic mass is 16.4. The summed E-state index contributed by atoms with van der Waals surface area (Å²) in [6, 6.07) is 1.52. The first-order valence-electron chi connectivity index (χ1n) is 5.15. The second kappa shape index (κ2) is 5.26. The maximum atomic E-state index is 11.0. The normalized spacial score (nSPS) is 9.89. The number of nitrogens with two attached hydrogens (primary N) is 1. The predicted octanol–water partition coefficient (Wildman–Crippen LogP) is 0.0481. The summed E-state index contributed by atoms with van der Waals surface area (Å²) in [5, 5.41) is 18.9. The average molecular weight is 250 g/mol. The Labute approximate surface area is 104 Å². The molecule has 7 nitrogen and oxygen atoms in total. The fourth-order valence-electron chi connectivity index (χ4n) is 1.55. The van der Waals surface area contributed by atoms with Crippen LogP contribution in [0.5, 0.6) is 0 Å². The number of carboxylic acid groups (broad SMARTS) is 1. The molecule has 0 atom stereocenters. The predicted molar refractivity (Wildman–Crippen MR) is 65.9 cm³/mol. The van der Waals surface area contributed by atoms with Crippen molar-refractivity contribution < 1.29 is 14.7 Å². The van der Waals surface area contributed by atoms with Crippen LogP contribution >= 0.6 is 0 Å². The standard InChI is InChI=1S/C11H14N4O3/c1-5-3-7(9(12)11(13)18)10(6(2)15-5)14-4-8(16)17/h3,12,14H,4H2,1-2H3,(H2,13,18)(H,16,17). The SMILES string of the molecule is Cc1cc(C(=N)C(N)=O)c(NCC(=O)O)c(C)n1. The number of carbonyl (C=O) groups is 2. The monoisotopic (exact) mass is 250 g/mol. The summed E-state index contributed by atoms with van der Waals surface area (Å²) in [7, 11) is 0. The van der Waals surface area contributed by atoms with Gasteiger partial charge in [-0.1, -0.05) is 0 Å². The molecule has 96 valence electrons. The van der Waals surface area contributed by atoms with Crippen molar-refractivity contribution in [2.75, 3.05) is 11.9 Å². The highest BCUT2D eigenvalue weighted by Gasteiger charge is 2.16. The lowest BCUT2D eigenvalue weighted by atomic mass is 10.1. The lowest BCUT2D eigenvalue weighted by molar-refractivity contribution is -0.134. The Bertz CT molecular complexity index is 525. The zero-order valence-electron chi connectivity index (χ0n) is 10.1. The summed E-state index contributed by atoms with van der Waals surface area (Å²) in [6.07, 6.45) is 0. The van der Waals surface area contributed by atoms with E-state index in [0.717, 1.165) is 0 Å². The van der Waals surface area contributed by atoms with Crippen LogP contribution in [-0.4, -0.2) is 34.2 Å². The molecule has 1 aromatic heterocycles. The van der Waals surface area contributed by atoms with Crippen LogP contribution in [0.2, 0.25) is 0 Å². The molecule has 1 amide bonds. The van der Waals surface area contributed by atoms with Crippen molar-refractivity contribution in [2.24, 2.45) is 5.73 Å². The Morgan fingerprint density at radius 3 is 2.61 bits per heavy atom. The largest absolute Gasteiger partial charge is 0.480 e. The third-order valence-electron chi connectivity index (χ3n) is 2.26. The molecule has 0 unspecified atom stereocenters. The second-order valence-corrected chi connectivity index (χ2v) is 3.76. The summed E-state index contributed by atoms with van der Waals surface area (Å²) in [5.41, 5.74) is 6.42. The van der Waals surface area contributed by atoms with E-state index in [4.69, 9.17) is 16.2 Å². The molecule has 0 aromatic carbocycles. The lowest BCUT2D eigenvalue weighted by Gasteiger charge is -2.13. The highest BCUT2D eigenvalue weighted by Crippen LogP contribution is 2.20. The lowest BCUT2D eigenvalue weighted by Crippen LogP contribution is -2.25. The molecule has 0 saturated carbocycles. The number of aliphatic carboxylic acids is 1. The van der Waals surface area contributed by atoms with Crippen LogP contribution < -0.4 is 11.1 Å². The van der Waals surface area contributed by atoms with E-state index in [1.54, 1.807) is 13.8 Å². The number of aromatic nitrogens is 1. The number of hydrogen-bond donors (Lipinski definition) is 4. The topological polar surface area (TPSA) is 129 Å². The maximum absolute atomic E-state index is 11.0. The summed E-state index contributed by atoms with van der Waals surface area (Å²) in [5.74, 6) is -1.93. The van der Waals surface area contributed by atoms with Crippen molar-refractivity contribution >= 4 is 23.3 Å². The van der Waals surface area contributed by atoms with Gasteiger partial charge in [-0.15, -0.1) is 0 Å². The summed E-state index contributed by atoms with van der Waals surface area (Å²) < 4.78 is 0. The van der Waals surface area contributed by atoms with Gasteiger partial charge in [-0.3, -0.25) is 20.0 Å². The van der Waals surface area contributed by atoms with Crippen molar-refractivity contribution in [1.82, 2.24) is 4.98 Å². The highest BCUT2D eigenvalue weighted by molar-refractivity contribution is 6.44. The van der Waals surface area contributed by atoms with Gasteiger partial charge in [0.2, 0.25) is 0 Å². The molecule has 0 aliphatic rings. The van der Waals surface area contributed by atoms with Gasteiger partial charge in [0.05, 0.1) is 11.4 Å². The number of carbonyl (C=O) groups excluding carboxylic acids is 1. The van der Waals surface area contributed by atoms with E-state index < -0.39 is 11.9 Å². The molecule has 0 spiro atoms. The Morgan fingerprint density at radius 2 is 2.11 bits per heavy atom. The van der Waals surface area contributed by atoms with Crippen LogP contribution in [0.4, 0.5) is 5.69 Å². The van der Waals surface area contributed by atoms with Crippen LogP contribution in [0, 0.1) is 19.3 Å². The van der Waals surface area contributed by atoms with Crippen LogP contribution in [0.3, 0.4) is 0 Å². The number of rotatable bonds is 5. The molecule has 1 aromatic rings. The molecule has 1 heterocycles. The maximum Gasteiger partial charge on any atom is 0.322 e. The molecule has 18 heavy (non-hydrogen) atoms. The van der Waals surface area contributed by atoms with Gasteiger partial charge in [-0.2, -0.15) is 0 Å². The Balaban J connectivity index is 3.24. The molecule has 5 N–H and O–H groups in total. The third-order valence-corrected chi connectivity index (χ3v) is 2.26. The molecule has 0 fully saturated rings. The molecule has 0 aliphatic heterocycles. The number of carboxylic acids is 1. The van der Waals surface area contributed by atoms with E-state index in [1.807, 2.05) is 0 Å². The molecule has 1 rings (SSSR count). The van der Waals surface area contributed by atoms with Crippen molar-refractivity contribution in [3.63, 3.8) is 0 Å². The zero-order valence-corrected chi connectivity index (χ0v) is 10.1. The number of amides is 1. The van der Waals surface area contributed by atoms with Crippen molar-refractivity contribution in [3.05, 3.63) is 23.0 Å². The minimum Gasteiger partial charge on any atom is -0.480 e. The number of nitrogens with one attached hydrogen (secondary N) is 2. The minimum absolute atomic E-state index is 0.258. The fraction of sp³-hybridized carbons (Fsp3) is 0.273. The zero-order chi connectivity index (χ0) is 13.9. The van der Waals surface area contributed by atoms with Gasteiger partial charge in [0.15, 0.2) is 0 Å². The van der Waals surface area contributed by atoms with E-state index >= 15 is 0 Å². The molecule has 0 radical (unpaired) electrons. The molecular weight excluding hydrogens is 236 g/mol. The van der Waals surface area contributed by atoms with Gasteiger partial charge in [-0.05, 0) is 19.9 Å². The number of hydrogen-bond acceptors (Lipinski definition) is 5. The molecule has 0 saturated heterocycles. The van der Waals surface area contributed by atoms with Crippen molar-refractivity contribution in [1.29, 1.82) is 5.41 Å². The minimum atomic E-state index is -1.05. The van der Waals surface area contributed by atoms with Gasteiger partial charge in [0, 0.05) is 11.3 Å². The van der Waals surface area contributed by atoms with E-state index in [2.05, 4.69) is 10.3 Å². The number of primary amides is 1. The quantitative estimate of drug-likeness (QED) is 0.548. The van der Waals surface area contributed by atoms with E-state index in [1.165, 1.54) is 6.07 Å². The van der Waals surface area contributed by atoms with Crippen LogP contribution in [-0.2, 0) is 9.59 Å². The molecular formula is C11H14N4O3. The average Bonchev–Trinajstić information content (AvgIpc) is 2.25. The molecule has 0 aliphatic carbocycles. The van der Waals surface area contributed by atoms with E-state index in [-0.39, 0.29) is 17.8 Å².